The molecular formula is C19H27N3O. The maximum absolute atomic E-state index is 5.39. The third-order valence-corrected chi connectivity index (χ3v) is 4.86. The van der Waals surface area contributed by atoms with E-state index in [1.165, 1.54) is 29.7 Å². The van der Waals surface area contributed by atoms with Crippen LogP contribution in [0.4, 0.5) is 0 Å². The van der Waals surface area contributed by atoms with E-state index in [9.17, 15) is 0 Å². The highest BCUT2D eigenvalue weighted by atomic mass is 16.5. The van der Waals surface area contributed by atoms with Crippen LogP contribution in [0.25, 0.3) is 0 Å². The van der Waals surface area contributed by atoms with E-state index in [1.807, 2.05) is 12.3 Å². The molecule has 0 aliphatic carbocycles. The normalized spacial score (nSPS) is 18.5. The molecule has 23 heavy (non-hydrogen) atoms. The molecule has 0 bridgehead atoms. The van der Waals surface area contributed by atoms with Gasteiger partial charge in [-0.15, -0.1) is 0 Å². The van der Waals surface area contributed by atoms with Crippen LogP contribution >= 0.6 is 0 Å². The van der Waals surface area contributed by atoms with E-state index in [0.29, 0.717) is 6.04 Å². The summed E-state index contributed by atoms with van der Waals surface area (Å²) in [5.74, 6) is 0.946. The summed E-state index contributed by atoms with van der Waals surface area (Å²) in [7, 11) is 1.73. The van der Waals surface area contributed by atoms with Gasteiger partial charge >= 0.3 is 0 Å². The number of aromatic nitrogens is 2. The molecule has 4 heteroatoms. The van der Waals surface area contributed by atoms with Crippen molar-refractivity contribution < 1.29 is 4.74 Å². The summed E-state index contributed by atoms with van der Waals surface area (Å²) in [5, 5.41) is 4.54. The van der Waals surface area contributed by atoms with Crippen LogP contribution < -0.4 is 4.74 Å². The zero-order valence-corrected chi connectivity index (χ0v) is 14.5. The molecule has 1 aliphatic heterocycles. The van der Waals surface area contributed by atoms with Gasteiger partial charge in [0.2, 0.25) is 0 Å². The average molecular weight is 313 g/mol. The number of benzene rings is 1. The Morgan fingerprint density at radius 1 is 1.35 bits per heavy atom. The lowest BCUT2D eigenvalue weighted by Gasteiger charge is -2.25. The number of aryl methyl sites for hydroxylation is 1. The lowest BCUT2D eigenvalue weighted by molar-refractivity contribution is 0.247. The monoisotopic (exact) mass is 313 g/mol. The highest BCUT2D eigenvalue weighted by Crippen LogP contribution is 2.34. The highest BCUT2D eigenvalue weighted by molar-refractivity contribution is 5.31. The second kappa shape index (κ2) is 7.18. The van der Waals surface area contributed by atoms with Gasteiger partial charge in [-0.3, -0.25) is 9.58 Å². The quantitative estimate of drug-likeness (QED) is 0.809. The number of likely N-dealkylation sites (tertiary alicyclic amines) is 1. The van der Waals surface area contributed by atoms with Gasteiger partial charge in [0.15, 0.2) is 0 Å². The van der Waals surface area contributed by atoms with Crippen molar-refractivity contribution in [3.63, 3.8) is 0 Å². The Kier molecular flexibility index (Phi) is 5.01. The third-order valence-electron chi connectivity index (χ3n) is 4.86. The van der Waals surface area contributed by atoms with Crippen LogP contribution in [0.1, 0.15) is 49.0 Å². The van der Waals surface area contributed by atoms with Crippen LogP contribution in [0.2, 0.25) is 0 Å². The summed E-state index contributed by atoms with van der Waals surface area (Å²) >= 11 is 0. The molecule has 1 atom stereocenters. The molecule has 2 heterocycles. The molecule has 2 aromatic rings. The maximum atomic E-state index is 5.39. The molecular weight excluding hydrogens is 286 g/mol. The zero-order valence-electron chi connectivity index (χ0n) is 14.5. The second-order valence-electron chi connectivity index (χ2n) is 6.38. The van der Waals surface area contributed by atoms with Crippen molar-refractivity contribution in [2.75, 3.05) is 13.7 Å². The summed E-state index contributed by atoms with van der Waals surface area (Å²) in [6.45, 7) is 7.53. The topological polar surface area (TPSA) is 30.3 Å². The van der Waals surface area contributed by atoms with Gasteiger partial charge in [0.25, 0.3) is 0 Å². The van der Waals surface area contributed by atoms with Crippen molar-refractivity contribution in [3.05, 3.63) is 47.3 Å². The van der Waals surface area contributed by atoms with E-state index < -0.39 is 0 Å². The van der Waals surface area contributed by atoms with Gasteiger partial charge in [-0.2, -0.15) is 5.10 Å². The van der Waals surface area contributed by atoms with Crippen LogP contribution in [-0.2, 0) is 13.1 Å². The predicted octanol–water partition coefficient (Wildman–Crippen LogP) is 3.95. The zero-order chi connectivity index (χ0) is 16.2. The fourth-order valence-corrected chi connectivity index (χ4v) is 3.54. The lowest BCUT2D eigenvalue weighted by atomic mass is 10.0. The number of ether oxygens (including phenoxy) is 1. The van der Waals surface area contributed by atoms with E-state index in [0.717, 1.165) is 31.8 Å². The number of hydrogen-bond acceptors (Lipinski definition) is 3. The number of hydrogen-bond donors (Lipinski definition) is 0. The first-order chi connectivity index (χ1) is 11.2. The van der Waals surface area contributed by atoms with Gasteiger partial charge in [-0.25, -0.2) is 0 Å². The predicted molar refractivity (Wildman–Crippen MR) is 92.6 cm³/mol. The van der Waals surface area contributed by atoms with Crippen molar-refractivity contribution in [1.82, 2.24) is 14.7 Å². The van der Waals surface area contributed by atoms with Crippen LogP contribution in [0.15, 0.2) is 30.5 Å². The highest BCUT2D eigenvalue weighted by Gasteiger charge is 2.27. The Labute approximate surface area is 139 Å². The first-order valence-corrected chi connectivity index (χ1v) is 8.62. The van der Waals surface area contributed by atoms with E-state index >= 15 is 0 Å². The molecule has 1 aromatic carbocycles. The van der Waals surface area contributed by atoms with Gasteiger partial charge in [0.05, 0.1) is 13.3 Å². The Balaban J connectivity index is 1.76. The fraction of sp³-hybridized carbons (Fsp3) is 0.526. The van der Waals surface area contributed by atoms with Gasteiger partial charge in [-0.1, -0.05) is 19.1 Å². The van der Waals surface area contributed by atoms with Crippen LogP contribution in [0.3, 0.4) is 0 Å². The maximum Gasteiger partial charge on any atom is 0.119 e. The first kappa shape index (κ1) is 16.1. The molecule has 0 spiro atoms. The van der Waals surface area contributed by atoms with Crippen molar-refractivity contribution in [2.45, 2.75) is 52.2 Å². The van der Waals surface area contributed by atoms with E-state index in [1.54, 1.807) is 7.11 Å². The summed E-state index contributed by atoms with van der Waals surface area (Å²) in [6.07, 6.45) is 5.64. The summed E-state index contributed by atoms with van der Waals surface area (Å²) < 4.78 is 7.52. The minimum absolute atomic E-state index is 0.485. The van der Waals surface area contributed by atoms with Crippen molar-refractivity contribution in [2.24, 2.45) is 0 Å². The van der Waals surface area contributed by atoms with Gasteiger partial charge in [-0.05, 0) is 50.4 Å². The number of methoxy groups -OCH3 is 1. The lowest BCUT2D eigenvalue weighted by Crippen LogP contribution is -2.23. The van der Waals surface area contributed by atoms with Gasteiger partial charge in [0, 0.05) is 30.4 Å². The molecule has 1 saturated heterocycles. The molecule has 3 rings (SSSR count). The first-order valence-electron chi connectivity index (χ1n) is 8.62. The molecule has 0 unspecified atom stereocenters. The Morgan fingerprint density at radius 2 is 2.22 bits per heavy atom. The van der Waals surface area contributed by atoms with E-state index in [4.69, 9.17) is 4.74 Å². The van der Waals surface area contributed by atoms with Gasteiger partial charge in [0.1, 0.15) is 5.75 Å². The summed E-state index contributed by atoms with van der Waals surface area (Å²) in [6, 6.07) is 8.99. The van der Waals surface area contributed by atoms with E-state index in [2.05, 4.69) is 46.7 Å². The number of rotatable bonds is 6. The van der Waals surface area contributed by atoms with Crippen LogP contribution in [0.5, 0.6) is 5.75 Å². The smallest absolute Gasteiger partial charge is 0.119 e. The molecule has 0 amide bonds. The van der Waals surface area contributed by atoms with Crippen molar-refractivity contribution >= 4 is 0 Å². The molecule has 0 radical (unpaired) electrons. The standard InChI is InChI=1S/C19H27N3O/c1-4-10-22-15(2)17(13-20-22)14-21-11-6-9-19(21)16-7-5-8-18(12-16)23-3/h5,7-8,12-13,19H,4,6,9-11,14H2,1-3H3/t19-/m1/s1. The SMILES string of the molecule is CCCn1ncc(CN2CCC[C@@H]2c2cccc(OC)c2)c1C. The molecule has 1 aromatic heterocycles. The molecule has 124 valence electrons. The molecule has 4 nitrogen and oxygen atoms in total. The largest absolute Gasteiger partial charge is 0.497 e. The molecule has 1 aliphatic rings. The Hall–Kier alpha value is -1.81. The fourth-order valence-electron chi connectivity index (χ4n) is 3.54. The Morgan fingerprint density at radius 3 is 3.00 bits per heavy atom. The van der Waals surface area contributed by atoms with E-state index in [-0.39, 0.29) is 0 Å². The van der Waals surface area contributed by atoms with Gasteiger partial charge < -0.3 is 4.74 Å². The Bertz CT molecular complexity index is 650. The van der Waals surface area contributed by atoms with Crippen molar-refractivity contribution in [3.8, 4) is 5.75 Å². The molecule has 0 N–H and O–H groups in total. The molecule has 0 saturated carbocycles. The summed E-state index contributed by atoms with van der Waals surface area (Å²) in [4.78, 5) is 2.58. The minimum atomic E-state index is 0.485. The molecule has 1 fully saturated rings. The average Bonchev–Trinajstić information content (AvgIpc) is 3.17. The summed E-state index contributed by atoms with van der Waals surface area (Å²) in [5.41, 5.74) is 4.02. The van der Waals surface area contributed by atoms with Crippen LogP contribution in [0, 0.1) is 6.92 Å². The van der Waals surface area contributed by atoms with Crippen molar-refractivity contribution in [1.29, 1.82) is 0 Å². The third kappa shape index (κ3) is 3.42. The van der Waals surface area contributed by atoms with Crippen LogP contribution in [-0.4, -0.2) is 28.3 Å². The number of nitrogens with zero attached hydrogens (tertiary/aromatic N) is 3. The minimum Gasteiger partial charge on any atom is -0.497 e. The second-order valence-corrected chi connectivity index (χ2v) is 6.38.